The second-order valence-electron chi connectivity index (χ2n) is 5.87. The Labute approximate surface area is 150 Å². The molecule has 3 rings (SSSR count). The summed E-state index contributed by atoms with van der Waals surface area (Å²) in [5.74, 6) is 0.115. The number of nitrogens with one attached hydrogen (secondary N) is 1. The fourth-order valence-corrected chi connectivity index (χ4v) is 3.10. The van der Waals surface area contributed by atoms with Crippen LogP contribution in [0.15, 0.2) is 36.7 Å². The first kappa shape index (κ1) is 17.2. The number of hydrogen-bond acceptors (Lipinski definition) is 5. The number of nitriles is 1. The third-order valence-electron chi connectivity index (χ3n) is 4.18. The average Bonchev–Trinajstić information content (AvgIpc) is 2.64. The van der Waals surface area contributed by atoms with Crippen molar-refractivity contribution in [3.05, 3.63) is 52.9 Å². The fourth-order valence-electron chi connectivity index (χ4n) is 2.88. The first-order chi connectivity index (χ1) is 12.2. The number of amides is 1. The van der Waals surface area contributed by atoms with Crippen LogP contribution in [0, 0.1) is 11.3 Å². The molecule has 1 aliphatic rings. The first-order valence-electron chi connectivity index (χ1n) is 8.10. The number of halogens is 1. The molecular weight excluding hydrogens is 340 g/mol. The van der Waals surface area contributed by atoms with Crippen LogP contribution in [0.5, 0.6) is 5.88 Å². The predicted molar refractivity (Wildman–Crippen MR) is 92.3 cm³/mol. The number of ether oxygens (including phenoxy) is 1. The van der Waals surface area contributed by atoms with Crippen LogP contribution in [0.3, 0.4) is 0 Å². The van der Waals surface area contributed by atoms with Crippen LogP contribution in [0.2, 0.25) is 5.02 Å². The van der Waals surface area contributed by atoms with E-state index in [1.807, 2.05) is 6.07 Å². The molecule has 1 amide bonds. The highest BCUT2D eigenvalue weighted by atomic mass is 35.5. The number of hydrogen-bond donors (Lipinski definition) is 1. The standard InChI is InChI=1S/C18H17ClN4O2/c19-15-4-2-1-3-14(15)17(24)23-12-5-7-13(8-6-12)25-18-16(11-20)21-9-10-22-18/h1-4,9-10,12-13H,5-8H2,(H,23,24). The monoisotopic (exact) mass is 356 g/mol. The van der Waals surface area contributed by atoms with Crippen LogP contribution < -0.4 is 10.1 Å². The van der Waals surface area contributed by atoms with Gasteiger partial charge < -0.3 is 10.1 Å². The molecule has 1 aliphatic carbocycles. The van der Waals surface area contributed by atoms with Gasteiger partial charge in [0.15, 0.2) is 0 Å². The van der Waals surface area contributed by atoms with Crippen molar-refractivity contribution >= 4 is 17.5 Å². The molecule has 0 atom stereocenters. The molecule has 2 aromatic rings. The first-order valence-corrected chi connectivity index (χ1v) is 8.48. The summed E-state index contributed by atoms with van der Waals surface area (Å²) >= 11 is 6.06. The van der Waals surface area contributed by atoms with Crippen molar-refractivity contribution in [1.29, 1.82) is 5.26 Å². The zero-order valence-corrected chi connectivity index (χ0v) is 14.2. The third-order valence-corrected chi connectivity index (χ3v) is 4.51. The number of benzene rings is 1. The van der Waals surface area contributed by atoms with E-state index in [2.05, 4.69) is 15.3 Å². The fraction of sp³-hybridized carbons (Fsp3) is 0.333. The molecule has 1 aromatic carbocycles. The Bertz CT molecular complexity index is 798. The SMILES string of the molecule is N#Cc1nccnc1OC1CCC(NC(=O)c2ccccc2Cl)CC1. The second kappa shape index (κ2) is 7.95. The molecule has 0 spiro atoms. The third kappa shape index (κ3) is 4.25. The van der Waals surface area contributed by atoms with Crippen molar-refractivity contribution in [3.8, 4) is 11.9 Å². The van der Waals surface area contributed by atoms with Crippen LogP contribution in [-0.4, -0.2) is 28.0 Å². The maximum absolute atomic E-state index is 12.3. The van der Waals surface area contributed by atoms with Gasteiger partial charge in [0.25, 0.3) is 11.8 Å². The van der Waals surface area contributed by atoms with Gasteiger partial charge in [0.1, 0.15) is 12.2 Å². The Kier molecular flexibility index (Phi) is 5.46. The smallest absolute Gasteiger partial charge is 0.253 e. The van der Waals surface area contributed by atoms with E-state index < -0.39 is 0 Å². The van der Waals surface area contributed by atoms with E-state index in [1.54, 1.807) is 24.3 Å². The van der Waals surface area contributed by atoms with Gasteiger partial charge in [0.05, 0.1) is 10.6 Å². The van der Waals surface area contributed by atoms with Crippen molar-refractivity contribution in [1.82, 2.24) is 15.3 Å². The van der Waals surface area contributed by atoms with Gasteiger partial charge in [-0.1, -0.05) is 23.7 Å². The zero-order valence-electron chi connectivity index (χ0n) is 13.5. The maximum atomic E-state index is 12.3. The van der Waals surface area contributed by atoms with E-state index in [-0.39, 0.29) is 29.6 Å². The highest BCUT2D eigenvalue weighted by molar-refractivity contribution is 6.33. The highest BCUT2D eigenvalue weighted by Gasteiger charge is 2.25. The molecule has 7 heteroatoms. The number of nitrogens with zero attached hydrogens (tertiary/aromatic N) is 3. The van der Waals surface area contributed by atoms with Gasteiger partial charge in [-0.15, -0.1) is 0 Å². The highest BCUT2D eigenvalue weighted by Crippen LogP contribution is 2.24. The van der Waals surface area contributed by atoms with Crippen LogP contribution in [0.1, 0.15) is 41.7 Å². The number of rotatable bonds is 4. The van der Waals surface area contributed by atoms with Gasteiger partial charge in [-0.25, -0.2) is 9.97 Å². The molecule has 1 heterocycles. The van der Waals surface area contributed by atoms with Crippen LogP contribution >= 0.6 is 11.6 Å². The summed E-state index contributed by atoms with van der Waals surface area (Å²) in [5, 5.41) is 12.5. The Hall–Kier alpha value is -2.65. The number of carbonyl (C=O) groups is 1. The van der Waals surface area contributed by atoms with Crippen molar-refractivity contribution in [2.75, 3.05) is 0 Å². The van der Waals surface area contributed by atoms with Crippen LogP contribution in [0.4, 0.5) is 0 Å². The molecule has 6 nitrogen and oxygen atoms in total. The van der Waals surface area contributed by atoms with Crippen LogP contribution in [-0.2, 0) is 0 Å². The predicted octanol–water partition coefficient (Wildman–Crippen LogP) is 3.12. The van der Waals surface area contributed by atoms with Gasteiger partial charge in [-0.3, -0.25) is 4.79 Å². The Morgan fingerprint density at radius 3 is 2.64 bits per heavy atom. The molecule has 128 valence electrons. The van der Waals surface area contributed by atoms with E-state index in [1.165, 1.54) is 12.4 Å². The van der Waals surface area contributed by atoms with Crippen LogP contribution in [0.25, 0.3) is 0 Å². The summed E-state index contributed by atoms with van der Waals surface area (Å²) in [6.07, 6.45) is 6.07. The Balaban J connectivity index is 1.53. The molecule has 25 heavy (non-hydrogen) atoms. The molecule has 0 unspecified atom stereocenters. The molecule has 0 radical (unpaired) electrons. The zero-order chi connectivity index (χ0) is 17.6. The van der Waals surface area contributed by atoms with Gasteiger partial charge >= 0.3 is 0 Å². The number of carbonyl (C=O) groups excluding carboxylic acids is 1. The van der Waals surface area contributed by atoms with E-state index in [9.17, 15) is 4.79 Å². The Morgan fingerprint density at radius 1 is 1.20 bits per heavy atom. The van der Waals surface area contributed by atoms with Crippen molar-refractivity contribution in [2.45, 2.75) is 37.8 Å². The summed E-state index contributed by atoms with van der Waals surface area (Å²) in [6.45, 7) is 0. The summed E-state index contributed by atoms with van der Waals surface area (Å²) in [7, 11) is 0. The summed E-state index contributed by atoms with van der Waals surface area (Å²) < 4.78 is 5.80. The Morgan fingerprint density at radius 2 is 1.92 bits per heavy atom. The van der Waals surface area contributed by atoms with E-state index in [4.69, 9.17) is 21.6 Å². The van der Waals surface area contributed by atoms with E-state index >= 15 is 0 Å². The molecule has 1 fully saturated rings. The van der Waals surface area contributed by atoms with Gasteiger partial charge in [0.2, 0.25) is 5.69 Å². The normalized spacial score (nSPS) is 19.7. The molecular formula is C18H17ClN4O2. The van der Waals surface area contributed by atoms with Gasteiger partial charge in [-0.2, -0.15) is 5.26 Å². The molecule has 0 bridgehead atoms. The molecule has 0 aliphatic heterocycles. The molecule has 1 aromatic heterocycles. The maximum Gasteiger partial charge on any atom is 0.253 e. The van der Waals surface area contributed by atoms with Gasteiger partial charge in [0, 0.05) is 18.4 Å². The minimum Gasteiger partial charge on any atom is -0.472 e. The molecule has 1 N–H and O–H groups in total. The molecule has 1 saturated carbocycles. The lowest BCUT2D eigenvalue weighted by Gasteiger charge is -2.29. The topological polar surface area (TPSA) is 87.9 Å². The lowest BCUT2D eigenvalue weighted by atomic mass is 9.92. The van der Waals surface area contributed by atoms with Crippen molar-refractivity contribution in [3.63, 3.8) is 0 Å². The van der Waals surface area contributed by atoms with Crippen molar-refractivity contribution < 1.29 is 9.53 Å². The number of aromatic nitrogens is 2. The quantitative estimate of drug-likeness (QED) is 0.909. The second-order valence-corrected chi connectivity index (χ2v) is 6.27. The van der Waals surface area contributed by atoms with E-state index in [0.717, 1.165) is 25.7 Å². The lowest BCUT2D eigenvalue weighted by molar-refractivity contribution is 0.0889. The summed E-state index contributed by atoms with van der Waals surface area (Å²) in [5.41, 5.74) is 0.678. The van der Waals surface area contributed by atoms with Gasteiger partial charge in [-0.05, 0) is 37.8 Å². The minimum atomic E-state index is -0.157. The molecule has 0 saturated heterocycles. The average molecular weight is 357 g/mol. The summed E-state index contributed by atoms with van der Waals surface area (Å²) in [6, 6.07) is 9.06. The van der Waals surface area contributed by atoms with E-state index in [0.29, 0.717) is 10.6 Å². The lowest BCUT2D eigenvalue weighted by Crippen LogP contribution is -2.39. The minimum absolute atomic E-state index is 0.0303. The largest absolute Gasteiger partial charge is 0.472 e. The summed E-state index contributed by atoms with van der Waals surface area (Å²) in [4.78, 5) is 20.3. The van der Waals surface area contributed by atoms with Crippen molar-refractivity contribution in [2.24, 2.45) is 0 Å².